The van der Waals surface area contributed by atoms with Crippen molar-refractivity contribution in [3.63, 3.8) is 0 Å². The Labute approximate surface area is 186 Å². The van der Waals surface area contributed by atoms with Crippen LogP contribution in [0.4, 0.5) is 23.7 Å². The molecule has 3 amide bonds. The SMILES string of the molecule is CC(C)C[C@H](NC(=O)Nc1ccc(C(F)(F)F)cc1)C(=O)NC(C)(C)C(=O)OC(C)(C)C. The Morgan fingerprint density at radius 3 is 1.94 bits per heavy atom. The Morgan fingerprint density at radius 2 is 1.50 bits per heavy atom. The van der Waals surface area contributed by atoms with Crippen molar-refractivity contribution in [1.29, 1.82) is 0 Å². The second-order valence-electron chi connectivity index (χ2n) is 9.47. The molecule has 0 heterocycles. The highest BCUT2D eigenvalue weighted by molar-refractivity contribution is 5.95. The number of hydrogen-bond donors (Lipinski definition) is 3. The number of benzene rings is 1. The van der Waals surface area contributed by atoms with Gasteiger partial charge < -0.3 is 20.7 Å². The van der Waals surface area contributed by atoms with Gasteiger partial charge in [-0.3, -0.25) is 4.79 Å². The van der Waals surface area contributed by atoms with Gasteiger partial charge >= 0.3 is 18.2 Å². The van der Waals surface area contributed by atoms with E-state index >= 15 is 0 Å². The van der Waals surface area contributed by atoms with Crippen LogP contribution >= 0.6 is 0 Å². The third-order valence-electron chi connectivity index (χ3n) is 4.14. The van der Waals surface area contributed by atoms with Crippen molar-refractivity contribution >= 4 is 23.6 Å². The Morgan fingerprint density at radius 1 is 0.969 bits per heavy atom. The van der Waals surface area contributed by atoms with Crippen LogP contribution in [0.5, 0.6) is 0 Å². The summed E-state index contributed by atoms with van der Waals surface area (Å²) in [5.74, 6) is -1.19. The number of anilines is 1. The Hall–Kier alpha value is -2.78. The first-order valence-corrected chi connectivity index (χ1v) is 10.2. The smallest absolute Gasteiger partial charge is 0.416 e. The first-order chi connectivity index (χ1) is 14.4. The molecule has 1 aromatic carbocycles. The third-order valence-corrected chi connectivity index (χ3v) is 4.14. The number of amides is 3. The van der Waals surface area contributed by atoms with Crippen LogP contribution in [0.3, 0.4) is 0 Å². The van der Waals surface area contributed by atoms with E-state index in [2.05, 4.69) is 16.0 Å². The van der Waals surface area contributed by atoms with Crippen molar-refractivity contribution < 1.29 is 32.3 Å². The van der Waals surface area contributed by atoms with Gasteiger partial charge in [0.05, 0.1) is 5.56 Å². The van der Waals surface area contributed by atoms with E-state index in [-0.39, 0.29) is 18.0 Å². The van der Waals surface area contributed by atoms with Crippen molar-refractivity contribution in [3.05, 3.63) is 29.8 Å². The zero-order chi connectivity index (χ0) is 24.9. The number of nitrogens with one attached hydrogen (secondary N) is 3. The fraction of sp³-hybridized carbons (Fsp3) is 0.591. The minimum atomic E-state index is -4.48. The number of hydrogen-bond acceptors (Lipinski definition) is 4. The molecule has 1 aromatic rings. The maximum absolute atomic E-state index is 12.8. The number of carbonyl (C=O) groups is 3. The zero-order valence-electron chi connectivity index (χ0n) is 19.4. The van der Waals surface area contributed by atoms with Crippen molar-refractivity contribution in [2.45, 2.75) is 78.2 Å². The first-order valence-electron chi connectivity index (χ1n) is 10.2. The molecule has 0 aliphatic carbocycles. The summed E-state index contributed by atoms with van der Waals surface area (Å²) in [5.41, 5.74) is -2.79. The summed E-state index contributed by atoms with van der Waals surface area (Å²) < 4.78 is 43.3. The predicted octanol–water partition coefficient (Wildman–Crippen LogP) is 4.48. The fourth-order valence-electron chi connectivity index (χ4n) is 2.62. The summed E-state index contributed by atoms with van der Waals surface area (Å²) in [7, 11) is 0. The molecule has 0 aliphatic rings. The summed E-state index contributed by atoms with van der Waals surface area (Å²) in [6, 6.07) is 2.18. The number of halogens is 3. The highest BCUT2D eigenvalue weighted by atomic mass is 19.4. The molecule has 3 N–H and O–H groups in total. The van der Waals surface area contributed by atoms with E-state index < -0.39 is 46.8 Å². The molecule has 32 heavy (non-hydrogen) atoms. The van der Waals surface area contributed by atoms with Gasteiger partial charge in [-0.15, -0.1) is 0 Å². The lowest BCUT2D eigenvalue weighted by Crippen LogP contribution is -2.58. The molecule has 0 saturated heterocycles. The van der Waals surface area contributed by atoms with Gasteiger partial charge in [-0.25, -0.2) is 9.59 Å². The van der Waals surface area contributed by atoms with Crippen LogP contribution < -0.4 is 16.0 Å². The molecule has 0 aliphatic heterocycles. The third kappa shape index (κ3) is 9.15. The first kappa shape index (κ1) is 27.3. The molecule has 1 rings (SSSR count). The molecule has 1 atom stereocenters. The molecular formula is C22H32F3N3O4. The average Bonchev–Trinajstić information content (AvgIpc) is 2.58. The number of ether oxygens (including phenoxy) is 1. The summed E-state index contributed by atoms with van der Waals surface area (Å²) in [6.07, 6.45) is -4.21. The van der Waals surface area contributed by atoms with Crippen LogP contribution in [-0.4, -0.2) is 35.1 Å². The van der Waals surface area contributed by atoms with Crippen LogP contribution in [0.15, 0.2) is 24.3 Å². The number of esters is 1. The average molecular weight is 460 g/mol. The van der Waals surface area contributed by atoms with Crippen LogP contribution in [0.2, 0.25) is 0 Å². The van der Waals surface area contributed by atoms with Crippen molar-refractivity contribution in [3.8, 4) is 0 Å². The molecular weight excluding hydrogens is 427 g/mol. The molecule has 0 spiro atoms. The lowest BCUT2D eigenvalue weighted by Gasteiger charge is -2.31. The van der Waals surface area contributed by atoms with Crippen molar-refractivity contribution in [2.75, 3.05) is 5.32 Å². The molecule has 0 saturated carbocycles. The fourth-order valence-corrected chi connectivity index (χ4v) is 2.62. The zero-order valence-corrected chi connectivity index (χ0v) is 19.4. The molecule has 7 nitrogen and oxygen atoms in total. The Kier molecular flexibility index (Phi) is 8.71. The van der Waals surface area contributed by atoms with Gasteiger partial charge in [-0.05, 0) is 71.2 Å². The maximum Gasteiger partial charge on any atom is 0.416 e. The van der Waals surface area contributed by atoms with Gasteiger partial charge in [-0.1, -0.05) is 13.8 Å². The molecule has 0 fully saturated rings. The normalized spacial score (nSPS) is 13.3. The summed E-state index contributed by atoms with van der Waals surface area (Å²) >= 11 is 0. The summed E-state index contributed by atoms with van der Waals surface area (Å²) in [5, 5.41) is 7.52. The second kappa shape index (κ2) is 10.2. The van der Waals surface area contributed by atoms with Gasteiger partial charge in [0.25, 0.3) is 0 Å². The quantitative estimate of drug-likeness (QED) is 0.524. The topological polar surface area (TPSA) is 96.5 Å². The number of urea groups is 1. The lowest BCUT2D eigenvalue weighted by molar-refractivity contribution is -0.163. The molecule has 0 unspecified atom stereocenters. The molecule has 0 bridgehead atoms. The van der Waals surface area contributed by atoms with Crippen LogP contribution in [0.1, 0.15) is 60.5 Å². The van der Waals surface area contributed by atoms with Crippen molar-refractivity contribution in [2.24, 2.45) is 5.92 Å². The van der Waals surface area contributed by atoms with Crippen LogP contribution in [0, 0.1) is 5.92 Å². The van der Waals surface area contributed by atoms with Gasteiger partial charge in [-0.2, -0.15) is 13.2 Å². The van der Waals surface area contributed by atoms with E-state index in [0.29, 0.717) is 0 Å². The van der Waals surface area contributed by atoms with E-state index in [0.717, 1.165) is 24.3 Å². The minimum Gasteiger partial charge on any atom is -0.458 e. The monoisotopic (exact) mass is 459 g/mol. The maximum atomic E-state index is 12.8. The Bertz CT molecular complexity index is 813. The van der Waals surface area contributed by atoms with Crippen molar-refractivity contribution in [1.82, 2.24) is 10.6 Å². The second-order valence-corrected chi connectivity index (χ2v) is 9.47. The van der Waals surface area contributed by atoms with Gasteiger partial charge in [0.15, 0.2) is 0 Å². The van der Waals surface area contributed by atoms with Gasteiger partial charge in [0, 0.05) is 5.69 Å². The van der Waals surface area contributed by atoms with E-state index in [4.69, 9.17) is 4.74 Å². The standard InChI is InChI=1S/C22H32F3N3O4/c1-13(2)12-16(17(29)28-21(6,7)18(30)32-20(3,4)5)27-19(31)26-15-10-8-14(9-11-15)22(23,24)25/h8-11,13,16H,12H2,1-7H3,(H,28,29)(H2,26,27,31)/t16-/m0/s1. The summed E-state index contributed by atoms with van der Waals surface area (Å²) in [4.78, 5) is 37.6. The predicted molar refractivity (Wildman–Crippen MR) is 115 cm³/mol. The molecule has 10 heteroatoms. The summed E-state index contributed by atoms with van der Waals surface area (Å²) in [6.45, 7) is 11.8. The number of alkyl halides is 3. The molecule has 0 radical (unpaired) electrons. The number of carbonyl (C=O) groups excluding carboxylic acids is 3. The lowest BCUT2D eigenvalue weighted by atomic mass is 10.00. The Balaban J connectivity index is 2.86. The minimum absolute atomic E-state index is 0.0294. The van der Waals surface area contributed by atoms with E-state index in [1.165, 1.54) is 13.8 Å². The van der Waals surface area contributed by atoms with Crippen LogP contribution in [0.25, 0.3) is 0 Å². The number of rotatable bonds is 7. The van der Waals surface area contributed by atoms with E-state index in [1.807, 2.05) is 13.8 Å². The van der Waals surface area contributed by atoms with Gasteiger partial charge in [0.1, 0.15) is 17.2 Å². The van der Waals surface area contributed by atoms with Gasteiger partial charge in [0.2, 0.25) is 5.91 Å². The largest absolute Gasteiger partial charge is 0.458 e. The van der Waals surface area contributed by atoms with E-state index in [9.17, 15) is 27.6 Å². The highest BCUT2D eigenvalue weighted by Crippen LogP contribution is 2.29. The molecule has 0 aromatic heterocycles. The highest BCUT2D eigenvalue weighted by Gasteiger charge is 2.36. The molecule has 180 valence electrons. The van der Waals surface area contributed by atoms with Crippen LogP contribution in [-0.2, 0) is 20.5 Å². The van der Waals surface area contributed by atoms with E-state index in [1.54, 1.807) is 20.8 Å².